The van der Waals surface area contributed by atoms with Crippen molar-refractivity contribution in [2.24, 2.45) is 22.2 Å². The monoisotopic (exact) mass is 684 g/mol. The van der Waals surface area contributed by atoms with Gasteiger partial charge < -0.3 is 34.0 Å². The molecule has 0 aromatic heterocycles. The lowest BCUT2D eigenvalue weighted by molar-refractivity contribution is -0.358. The van der Waals surface area contributed by atoms with Crippen molar-refractivity contribution in [2.45, 2.75) is 136 Å². The number of fused-ring (bicyclic) bond motifs is 5. The Hall–Kier alpha value is -2.34. The molecule has 10 atom stereocenters. The maximum atomic E-state index is 14.3. The number of carbonyl (C=O) groups excluding carboxylic acids is 2. The van der Waals surface area contributed by atoms with Gasteiger partial charge in [-0.25, -0.2) is 4.79 Å². The Labute approximate surface area is 286 Å². The van der Waals surface area contributed by atoms with E-state index < -0.39 is 84.6 Å². The summed E-state index contributed by atoms with van der Waals surface area (Å²) in [6.07, 6.45) is -5.97. The van der Waals surface area contributed by atoms with Crippen LogP contribution < -0.4 is 0 Å². The molecule has 0 amide bonds. The molecule has 1 aromatic carbocycles. The topological polar surface area (TPSA) is 132 Å². The first-order chi connectivity index (χ1) is 22.4. The van der Waals surface area contributed by atoms with Gasteiger partial charge in [0.15, 0.2) is 13.9 Å². The van der Waals surface area contributed by atoms with Crippen LogP contribution in [-0.4, -0.2) is 84.4 Å². The molecule has 0 radical (unpaired) electrons. The molecule has 1 heterocycles. The third-order valence-electron chi connectivity index (χ3n) is 13.3. The van der Waals surface area contributed by atoms with E-state index in [4.69, 9.17) is 18.6 Å². The summed E-state index contributed by atoms with van der Waals surface area (Å²) in [7, 11) is -2.24. The molecular formula is C38H56O9Si. The highest BCUT2D eigenvalue weighted by Crippen LogP contribution is 2.69. The fourth-order valence-corrected chi connectivity index (χ4v) is 13.1. The van der Waals surface area contributed by atoms with E-state index in [0.29, 0.717) is 23.1 Å². The number of hydrogen-bond donors (Lipinski definition) is 3. The van der Waals surface area contributed by atoms with Crippen LogP contribution in [0.15, 0.2) is 53.6 Å². The zero-order chi connectivity index (χ0) is 35.6. The molecule has 4 aliphatic rings. The first kappa shape index (κ1) is 36.9. The highest BCUT2D eigenvalue weighted by Gasteiger charge is 2.77. The zero-order valence-corrected chi connectivity index (χ0v) is 31.2. The Morgan fingerprint density at radius 2 is 1.62 bits per heavy atom. The first-order valence-corrected chi connectivity index (χ1v) is 20.1. The van der Waals surface area contributed by atoms with E-state index in [2.05, 4.69) is 27.4 Å². The molecule has 266 valence electrons. The van der Waals surface area contributed by atoms with Gasteiger partial charge in [0, 0.05) is 29.6 Å². The van der Waals surface area contributed by atoms with E-state index in [1.165, 1.54) is 6.92 Å². The number of aliphatic hydroxyl groups excluding tert-OH is 3. The minimum Gasteiger partial charge on any atom is -0.457 e. The van der Waals surface area contributed by atoms with Gasteiger partial charge in [0.1, 0.15) is 18.3 Å². The summed E-state index contributed by atoms with van der Waals surface area (Å²) >= 11 is 0. The Balaban J connectivity index is 1.88. The van der Waals surface area contributed by atoms with E-state index in [1.807, 2.05) is 33.8 Å². The van der Waals surface area contributed by atoms with Crippen LogP contribution in [-0.2, 0) is 23.4 Å². The fourth-order valence-electron chi connectivity index (χ4n) is 10.3. The standard InChI is InChI=1S/C38H56O9Si/c1-11-48(12-2,13-3)47-26-20-37(22(4)5)33(45-34(43)25-17-15-14-16-18-25)31-36(10,32(42)30(41)29(23(26)6)35(37,8)9)27(40)19-28-38(31,21-44-28)46-24(7)39/h14-18,26-28,30-33,40-42H,4,11-13,19-21H2,1-3,5-10H3/t26-,27+,28+,30-,31-,32-,33-,36+,37+,38-/m0/s1. The lowest BCUT2D eigenvalue weighted by Gasteiger charge is -2.70. The molecule has 3 N–H and O–H groups in total. The molecule has 48 heavy (non-hydrogen) atoms. The van der Waals surface area contributed by atoms with E-state index in [-0.39, 0.29) is 13.0 Å². The second-order valence-corrected chi connectivity index (χ2v) is 20.3. The molecule has 1 saturated heterocycles. The summed E-state index contributed by atoms with van der Waals surface area (Å²) in [6, 6.07) is 11.4. The number of aliphatic hydroxyl groups is 3. The van der Waals surface area contributed by atoms with Gasteiger partial charge in [-0.1, -0.05) is 71.9 Å². The molecule has 0 unspecified atom stereocenters. The summed E-state index contributed by atoms with van der Waals surface area (Å²) in [5.41, 5.74) is -2.45. The van der Waals surface area contributed by atoms with E-state index in [1.54, 1.807) is 31.2 Å². The van der Waals surface area contributed by atoms with Crippen LogP contribution in [0.4, 0.5) is 0 Å². The van der Waals surface area contributed by atoms with Crippen molar-refractivity contribution in [3.05, 3.63) is 59.2 Å². The third kappa shape index (κ3) is 5.11. The first-order valence-electron chi connectivity index (χ1n) is 17.6. The van der Waals surface area contributed by atoms with Crippen LogP contribution in [0.3, 0.4) is 0 Å². The molecule has 5 rings (SSSR count). The number of ether oxygens (including phenoxy) is 3. The van der Waals surface area contributed by atoms with Gasteiger partial charge in [0.2, 0.25) is 0 Å². The number of hydrogen-bond acceptors (Lipinski definition) is 9. The van der Waals surface area contributed by atoms with Crippen molar-refractivity contribution >= 4 is 20.3 Å². The summed E-state index contributed by atoms with van der Waals surface area (Å²) in [6.45, 7) is 22.0. The van der Waals surface area contributed by atoms with Gasteiger partial charge in [0.05, 0.1) is 36.4 Å². The second-order valence-electron chi connectivity index (χ2n) is 15.6. The fraction of sp³-hybridized carbons (Fsp3) is 0.684. The average Bonchev–Trinajstić information content (AvgIpc) is 3.04. The normalized spacial score (nSPS) is 38.8. The van der Waals surface area contributed by atoms with Gasteiger partial charge in [-0.2, -0.15) is 0 Å². The zero-order valence-electron chi connectivity index (χ0n) is 30.2. The van der Waals surface area contributed by atoms with Crippen molar-refractivity contribution in [1.82, 2.24) is 0 Å². The minimum absolute atomic E-state index is 0.0156. The molecule has 10 heteroatoms. The Morgan fingerprint density at radius 3 is 2.12 bits per heavy atom. The largest absolute Gasteiger partial charge is 0.457 e. The molecule has 3 aliphatic carbocycles. The highest BCUT2D eigenvalue weighted by molar-refractivity contribution is 6.73. The van der Waals surface area contributed by atoms with Gasteiger partial charge in [0.25, 0.3) is 0 Å². The summed E-state index contributed by atoms with van der Waals surface area (Å²) in [5.74, 6) is -2.15. The maximum absolute atomic E-state index is 14.3. The van der Waals surface area contributed by atoms with Gasteiger partial charge in [-0.3, -0.25) is 4.79 Å². The van der Waals surface area contributed by atoms with Crippen molar-refractivity contribution in [3.63, 3.8) is 0 Å². The minimum atomic E-state index is -2.24. The smallest absolute Gasteiger partial charge is 0.338 e. The van der Waals surface area contributed by atoms with Crippen molar-refractivity contribution < 1.29 is 43.5 Å². The molecule has 9 nitrogen and oxygen atoms in total. The van der Waals surface area contributed by atoms with E-state index >= 15 is 0 Å². The molecule has 1 aromatic rings. The van der Waals surface area contributed by atoms with E-state index in [9.17, 15) is 24.9 Å². The predicted molar refractivity (Wildman–Crippen MR) is 185 cm³/mol. The molecule has 1 aliphatic heterocycles. The Bertz CT molecular complexity index is 1440. The van der Waals surface area contributed by atoms with Gasteiger partial charge >= 0.3 is 11.9 Å². The number of benzene rings is 1. The van der Waals surface area contributed by atoms with Gasteiger partial charge in [-0.15, -0.1) is 0 Å². The van der Waals surface area contributed by atoms with Crippen LogP contribution in [0.1, 0.15) is 85.5 Å². The molecular weight excluding hydrogens is 628 g/mol. The number of carbonyl (C=O) groups is 2. The molecule has 2 bridgehead atoms. The van der Waals surface area contributed by atoms with Crippen molar-refractivity contribution in [1.29, 1.82) is 0 Å². The van der Waals surface area contributed by atoms with Crippen LogP contribution >= 0.6 is 0 Å². The SMILES string of the molecule is C=C(C)[C@]12C[C@H](O[Si](CC)(CC)CC)C(C)=C([C@H](O)[C@H](O)[C@]3(C)[C@H](O)C[C@H]4OC[C@@]4(OC(C)=O)[C@H]3[C@@H]1OC(=O)c1ccccc1)C2(C)C. The summed E-state index contributed by atoms with van der Waals surface area (Å²) < 4.78 is 26.3. The average molecular weight is 685 g/mol. The molecule has 3 fully saturated rings. The lowest BCUT2D eigenvalue weighted by Crippen LogP contribution is -2.81. The Kier molecular flexibility index (Phi) is 9.82. The quantitative estimate of drug-likeness (QED) is 0.169. The number of rotatable bonds is 9. The number of esters is 2. The Morgan fingerprint density at radius 1 is 1.02 bits per heavy atom. The predicted octanol–water partition coefficient (Wildman–Crippen LogP) is 5.73. The van der Waals surface area contributed by atoms with Crippen molar-refractivity contribution in [2.75, 3.05) is 6.61 Å². The van der Waals surface area contributed by atoms with Crippen molar-refractivity contribution in [3.8, 4) is 0 Å². The van der Waals surface area contributed by atoms with Crippen LogP contribution in [0.2, 0.25) is 18.1 Å². The van der Waals surface area contributed by atoms with E-state index in [0.717, 1.165) is 23.7 Å². The molecule has 0 spiro atoms. The lowest BCUT2D eigenvalue weighted by atomic mass is 9.40. The summed E-state index contributed by atoms with van der Waals surface area (Å²) in [4.78, 5) is 27.2. The molecule has 2 saturated carbocycles. The maximum Gasteiger partial charge on any atom is 0.338 e. The van der Waals surface area contributed by atoms with Gasteiger partial charge in [-0.05, 0) is 61.7 Å². The van der Waals surface area contributed by atoms with Crippen LogP contribution in [0.25, 0.3) is 0 Å². The summed E-state index contributed by atoms with van der Waals surface area (Å²) in [5, 5.41) is 36.9. The second kappa shape index (κ2) is 12.8. The highest BCUT2D eigenvalue weighted by atomic mass is 28.4. The van der Waals surface area contributed by atoms with Crippen LogP contribution in [0, 0.1) is 22.2 Å². The third-order valence-corrected chi connectivity index (χ3v) is 17.9. The van der Waals surface area contributed by atoms with Crippen LogP contribution in [0.5, 0.6) is 0 Å².